The van der Waals surface area contributed by atoms with E-state index in [4.69, 9.17) is 17.3 Å². The zero-order valence-corrected chi connectivity index (χ0v) is 8.96. The minimum atomic E-state index is 0.508. The van der Waals surface area contributed by atoms with E-state index in [0.29, 0.717) is 16.9 Å². The maximum atomic E-state index is 5.87. The molecular formula is C10H14ClN3. The highest BCUT2D eigenvalue weighted by atomic mass is 35.5. The molecule has 0 spiro atoms. The van der Waals surface area contributed by atoms with Crippen LogP contribution in [0.5, 0.6) is 0 Å². The van der Waals surface area contributed by atoms with Gasteiger partial charge in [-0.2, -0.15) is 0 Å². The van der Waals surface area contributed by atoms with Crippen molar-refractivity contribution in [3.05, 3.63) is 17.3 Å². The van der Waals surface area contributed by atoms with Gasteiger partial charge in [-0.05, 0) is 31.9 Å². The van der Waals surface area contributed by atoms with Gasteiger partial charge in [0.2, 0.25) is 0 Å². The summed E-state index contributed by atoms with van der Waals surface area (Å²) in [5.74, 6) is 0.836. The molecule has 0 aromatic carbocycles. The Labute approximate surface area is 88.9 Å². The van der Waals surface area contributed by atoms with Gasteiger partial charge in [-0.15, -0.1) is 0 Å². The van der Waals surface area contributed by atoms with Crippen molar-refractivity contribution in [2.45, 2.75) is 25.8 Å². The summed E-state index contributed by atoms with van der Waals surface area (Å²) >= 11 is 5.85. The molecule has 0 atom stereocenters. The Hall–Kier alpha value is -0.960. The van der Waals surface area contributed by atoms with Crippen molar-refractivity contribution in [2.75, 3.05) is 17.2 Å². The van der Waals surface area contributed by atoms with Crippen molar-refractivity contribution >= 4 is 23.1 Å². The summed E-state index contributed by atoms with van der Waals surface area (Å²) in [6.45, 7) is 3.04. The van der Waals surface area contributed by atoms with E-state index >= 15 is 0 Å². The molecule has 0 amide bonds. The minimum Gasteiger partial charge on any atom is -0.396 e. The molecule has 0 saturated heterocycles. The summed E-state index contributed by atoms with van der Waals surface area (Å²) in [5.41, 5.74) is 6.58. The second-order valence-corrected chi connectivity index (χ2v) is 3.95. The lowest BCUT2D eigenvalue weighted by Gasteiger charge is -2.22. The monoisotopic (exact) mass is 211 g/mol. The van der Waals surface area contributed by atoms with Crippen LogP contribution in [0.25, 0.3) is 0 Å². The Morgan fingerprint density at radius 2 is 2.29 bits per heavy atom. The zero-order valence-electron chi connectivity index (χ0n) is 8.20. The Balaban J connectivity index is 2.32. The largest absolute Gasteiger partial charge is 0.396 e. The van der Waals surface area contributed by atoms with E-state index < -0.39 is 0 Å². The molecule has 0 bridgehead atoms. The Morgan fingerprint density at radius 3 is 2.86 bits per heavy atom. The van der Waals surface area contributed by atoms with Crippen molar-refractivity contribution in [3.8, 4) is 0 Å². The van der Waals surface area contributed by atoms with Gasteiger partial charge in [-0.1, -0.05) is 11.6 Å². The number of nitrogen functional groups attached to an aromatic ring is 1. The number of rotatable bonds is 3. The molecule has 1 aromatic rings. The van der Waals surface area contributed by atoms with Crippen LogP contribution >= 0.6 is 11.6 Å². The van der Waals surface area contributed by atoms with Gasteiger partial charge in [0.15, 0.2) is 5.82 Å². The maximum Gasteiger partial charge on any atom is 0.153 e. The second kappa shape index (κ2) is 3.65. The number of hydrogen-bond acceptors (Lipinski definition) is 3. The maximum absolute atomic E-state index is 5.87. The van der Waals surface area contributed by atoms with Crippen molar-refractivity contribution in [1.82, 2.24) is 4.98 Å². The van der Waals surface area contributed by atoms with Crippen LogP contribution in [-0.4, -0.2) is 17.6 Å². The highest BCUT2D eigenvalue weighted by Crippen LogP contribution is 2.33. The van der Waals surface area contributed by atoms with Crippen LogP contribution in [0, 0.1) is 0 Å². The van der Waals surface area contributed by atoms with Gasteiger partial charge >= 0.3 is 0 Å². The number of hydrogen-bond donors (Lipinski definition) is 1. The van der Waals surface area contributed by atoms with Crippen LogP contribution in [-0.2, 0) is 0 Å². The number of anilines is 2. The molecule has 4 heteroatoms. The molecule has 1 fully saturated rings. The van der Waals surface area contributed by atoms with Crippen molar-refractivity contribution in [2.24, 2.45) is 0 Å². The third-order valence-corrected chi connectivity index (χ3v) is 2.68. The summed E-state index contributed by atoms with van der Waals surface area (Å²) in [6.07, 6.45) is 2.48. The Morgan fingerprint density at radius 1 is 1.57 bits per heavy atom. The zero-order chi connectivity index (χ0) is 10.1. The Kier molecular flexibility index (Phi) is 2.50. The van der Waals surface area contributed by atoms with E-state index in [0.717, 1.165) is 12.4 Å². The van der Waals surface area contributed by atoms with E-state index in [1.807, 2.05) is 6.07 Å². The second-order valence-electron chi connectivity index (χ2n) is 3.56. The molecule has 3 nitrogen and oxygen atoms in total. The minimum absolute atomic E-state index is 0.508. The number of nitrogens with two attached hydrogens (primary N) is 1. The van der Waals surface area contributed by atoms with Crippen LogP contribution in [0.15, 0.2) is 12.1 Å². The van der Waals surface area contributed by atoms with E-state index in [-0.39, 0.29) is 0 Å². The SMILES string of the molecule is CCN(c1nc(Cl)ccc1N)C1CC1. The molecule has 0 radical (unpaired) electrons. The molecule has 1 heterocycles. The third kappa shape index (κ3) is 1.77. The average Bonchev–Trinajstić information content (AvgIpc) is 2.96. The van der Waals surface area contributed by atoms with Crippen LogP contribution in [0.4, 0.5) is 11.5 Å². The summed E-state index contributed by atoms with van der Waals surface area (Å²) < 4.78 is 0. The van der Waals surface area contributed by atoms with Gasteiger partial charge < -0.3 is 10.6 Å². The first kappa shape index (κ1) is 9.59. The molecule has 2 rings (SSSR count). The number of pyridine rings is 1. The van der Waals surface area contributed by atoms with Crippen LogP contribution in [0.2, 0.25) is 5.15 Å². The lowest BCUT2D eigenvalue weighted by atomic mass is 10.3. The first-order valence-electron chi connectivity index (χ1n) is 4.91. The highest BCUT2D eigenvalue weighted by Gasteiger charge is 2.29. The molecule has 1 aromatic heterocycles. The van der Waals surface area contributed by atoms with E-state index in [1.165, 1.54) is 12.8 Å². The fourth-order valence-corrected chi connectivity index (χ4v) is 1.78. The predicted octanol–water partition coefficient (Wildman–Crippen LogP) is 2.31. The fourth-order valence-electron chi connectivity index (χ4n) is 1.63. The summed E-state index contributed by atoms with van der Waals surface area (Å²) in [4.78, 5) is 6.49. The fraction of sp³-hybridized carbons (Fsp3) is 0.500. The van der Waals surface area contributed by atoms with Gasteiger partial charge in [-0.3, -0.25) is 0 Å². The number of halogens is 1. The van der Waals surface area contributed by atoms with Gasteiger partial charge in [0.05, 0.1) is 5.69 Å². The van der Waals surface area contributed by atoms with E-state index in [2.05, 4.69) is 16.8 Å². The molecular weight excluding hydrogens is 198 g/mol. The summed E-state index contributed by atoms with van der Waals surface area (Å²) in [5, 5.41) is 0.508. The van der Waals surface area contributed by atoms with Crippen LogP contribution in [0.1, 0.15) is 19.8 Å². The Bertz CT molecular complexity index is 336. The quantitative estimate of drug-likeness (QED) is 0.781. The van der Waals surface area contributed by atoms with Gasteiger partial charge in [0.1, 0.15) is 5.15 Å². The van der Waals surface area contributed by atoms with Crippen LogP contribution in [0.3, 0.4) is 0 Å². The normalized spacial score (nSPS) is 15.6. The highest BCUT2D eigenvalue weighted by molar-refractivity contribution is 6.29. The molecule has 2 N–H and O–H groups in total. The first-order valence-corrected chi connectivity index (χ1v) is 5.29. The molecule has 1 aliphatic rings. The van der Waals surface area contributed by atoms with Gasteiger partial charge in [0.25, 0.3) is 0 Å². The first-order chi connectivity index (χ1) is 6.72. The van der Waals surface area contributed by atoms with E-state index in [1.54, 1.807) is 6.07 Å². The smallest absolute Gasteiger partial charge is 0.153 e. The third-order valence-electron chi connectivity index (χ3n) is 2.47. The molecule has 14 heavy (non-hydrogen) atoms. The van der Waals surface area contributed by atoms with Gasteiger partial charge in [-0.25, -0.2) is 4.98 Å². The molecule has 1 aliphatic carbocycles. The van der Waals surface area contributed by atoms with Crippen LogP contribution < -0.4 is 10.6 Å². The van der Waals surface area contributed by atoms with Gasteiger partial charge in [0, 0.05) is 12.6 Å². The van der Waals surface area contributed by atoms with E-state index in [9.17, 15) is 0 Å². The number of aromatic nitrogens is 1. The molecule has 76 valence electrons. The lowest BCUT2D eigenvalue weighted by Crippen LogP contribution is -2.27. The molecule has 1 saturated carbocycles. The molecule has 0 unspecified atom stereocenters. The van der Waals surface area contributed by atoms with Crippen molar-refractivity contribution < 1.29 is 0 Å². The summed E-state index contributed by atoms with van der Waals surface area (Å²) in [7, 11) is 0. The number of nitrogens with zero attached hydrogens (tertiary/aromatic N) is 2. The predicted molar refractivity (Wildman–Crippen MR) is 59.7 cm³/mol. The topological polar surface area (TPSA) is 42.2 Å². The molecule has 0 aliphatic heterocycles. The summed E-state index contributed by atoms with van der Waals surface area (Å²) in [6, 6.07) is 4.16. The lowest BCUT2D eigenvalue weighted by molar-refractivity contribution is 0.810. The van der Waals surface area contributed by atoms with Crippen molar-refractivity contribution in [1.29, 1.82) is 0 Å². The standard InChI is InChI=1S/C10H14ClN3/c1-2-14(7-3-4-7)10-8(12)5-6-9(11)13-10/h5-7H,2-4,12H2,1H3. The average molecular weight is 212 g/mol. The van der Waals surface area contributed by atoms with Crippen molar-refractivity contribution in [3.63, 3.8) is 0 Å².